The van der Waals surface area contributed by atoms with Gasteiger partial charge in [0.1, 0.15) is 12.6 Å². The zero-order valence-corrected chi connectivity index (χ0v) is 26.5. The van der Waals surface area contributed by atoms with Gasteiger partial charge < -0.3 is 10.2 Å². The van der Waals surface area contributed by atoms with E-state index in [1.807, 2.05) is 20.8 Å². The predicted molar refractivity (Wildman–Crippen MR) is 166 cm³/mol. The minimum atomic E-state index is -4.19. The van der Waals surface area contributed by atoms with Crippen LogP contribution in [0.1, 0.15) is 38.3 Å². The van der Waals surface area contributed by atoms with Crippen molar-refractivity contribution >= 4 is 62.3 Å². The average Bonchev–Trinajstić information content (AvgIpc) is 2.92. The Morgan fingerprint density at radius 3 is 2.07 bits per heavy atom. The molecule has 0 bridgehead atoms. The first-order valence-electron chi connectivity index (χ1n) is 13.2. The number of rotatable bonds is 12. The Morgan fingerprint density at radius 2 is 1.51 bits per heavy atom. The van der Waals surface area contributed by atoms with Crippen LogP contribution in [0.3, 0.4) is 0 Å². The molecule has 11 heteroatoms. The SMILES string of the molecule is CC[C@H](C(=O)NCC(C)C)N(Cc1ccc(Cl)cc1Cl)C(=O)CN(c1ccc(C)cc1)S(=O)(=O)c1ccc(Cl)cc1. The molecule has 1 N–H and O–H groups in total. The van der Waals surface area contributed by atoms with E-state index >= 15 is 0 Å². The van der Waals surface area contributed by atoms with Gasteiger partial charge in [0.25, 0.3) is 10.0 Å². The lowest BCUT2D eigenvalue weighted by Crippen LogP contribution is -2.52. The van der Waals surface area contributed by atoms with E-state index in [9.17, 15) is 18.0 Å². The number of sulfonamides is 1. The summed E-state index contributed by atoms with van der Waals surface area (Å²) in [7, 11) is -4.19. The summed E-state index contributed by atoms with van der Waals surface area (Å²) in [5.74, 6) is -0.698. The van der Waals surface area contributed by atoms with E-state index in [0.29, 0.717) is 39.3 Å². The van der Waals surface area contributed by atoms with Crippen molar-refractivity contribution in [2.45, 2.75) is 51.6 Å². The molecule has 1 atom stereocenters. The highest BCUT2D eigenvalue weighted by Crippen LogP contribution is 2.27. The molecule has 0 heterocycles. The van der Waals surface area contributed by atoms with E-state index in [2.05, 4.69) is 5.32 Å². The molecule has 0 spiro atoms. The summed E-state index contributed by atoms with van der Waals surface area (Å²) in [5, 5.41) is 4.04. The van der Waals surface area contributed by atoms with Crippen molar-refractivity contribution in [3.63, 3.8) is 0 Å². The molecule has 0 aromatic heterocycles. The van der Waals surface area contributed by atoms with Gasteiger partial charge in [0.05, 0.1) is 10.6 Å². The molecule has 0 saturated heterocycles. The highest BCUT2D eigenvalue weighted by Gasteiger charge is 2.34. The zero-order chi connectivity index (χ0) is 30.3. The van der Waals surface area contributed by atoms with Crippen LogP contribution in [0.2, 0.25) is 15.1 Å². The maximum atomic E-state index is 14.1. The fourth-order valence-electron chi connectivity index (χ4n) is 4.15. The molecule has 3 rings (SSSR count). The number of halogens is 3. The standard InChI is InChI=1S/C30H34Cl3N3O4S/c1-5-28(30(38)34-17-20(2)3)35(18-22-8-9-24(32)16-27(22)33)29(37)19-36(25-12-6-21(4)7-13-25)41(39,40)26-14-10-23(31)11-15-26/h6-16,20,28H,5,17-19H2,1-4H3,(H,34,38)/t28-/m1/s1. The maximum Gasteiger partial charge on any atom is 0.264 e. The van der Waals surface area contributed by atoms with E-state index in [0.717, 1.165) is 9.87 Å². The molecule has 0 aliphatic heterocycles. The third-order valence-corrected chi connectivity index (χ3v) is 9.06. The van der Waals surface area contributed by atoms with Gasteiger partial charge in [-0.2, -0.15) is 0 Å². The van der Waals surface area contributed by atoms with Crippen LogP contribution >= 0.6 is 34.8 Å². The molecule has 0 unspecified atom stereocenters. The molecule has 0 fully saturated rings. The molecular formula is C30H34Cl3N3O4S. The number of amides is 2. The van der Waals surface area contributed by atoms with Crippen molar-refractivity contribution in [1.82, 2.24) is 10.2 Å². The van der Waals surface area contributed by atoms with Gasteiger partial charge >= 0.3 is 0 Å². The normalized spacial score (nSPS) is 12.2. The number of aryl methyl sites for hydroxylation is 1. The number of benzene rings is 3. The van der Waals surface area contributed by atoms with Gasteiger partial charge in [-0.25, -0.2) is 8.42 Å². The molecule has 41 heavy (non-hydrogen) atoms. The average molecular weight is 639 g/mol. The topological polar surface area (TPSA) is 86.8 Å². The van der Waals surface area contributed by atoms with Crippen LogP contribution in [0.25, 0.3) is 0 Å². The van der Waals surface area contributed by atoms with E-state index in [4.69, 9.17) is 34.8 Å². The first-order chi connectivity index (χ1) is 19.3. The van der Waals surface area contributed by atoms with Crippen molar-refractivity contribution in [1.29, 1.82) is 0 Å². The van der Waals surface area contributed by atoms with E-state index in [-0.39, 0.29) is 23.3 Å². The van der Waals surface area contributed by atoms with Crippen molar-refractivity contribution < 1.29 is 18.0 Å². The van der Waals surface area contributed by atoms with Crippen LogP contribution in [0.4, 0.5) is 5.69 Å². The Balaban J connectivity index is 2.06. The molecule has 0 aliphatic rings. The summed E-state index contributed by atoms with van der Waals surface area (Å²) in [4.78, 5) is 28.7. The van der Waals surface area contributed by atoms with Crippen molar-refractivity contribution in [3.05, 3.63) is 92.9 Å². The molecule has 2 amide bonds. The number of nitrogens with one attached hydrogen (secondary N) is 1. The van der Waals surface area contributed by atoms with Crippen LogP contribution in [-0.4, -0.2) is 44.3 Å². The molecule has 0 radical (unpaired) electrons. The predicted octanol–water partition coefficient (Wildman–Crippen LogP) is 6.73. The van der Waals surface area contributed by atoms with Gasteiger partial charge in [-0.05, 0) is 73.4 Å². The maximum absolute atomic E-state index is 14.1. The highest BCUT2D eigenvalue weighted by atomic mass is 35.5. The third-order valence-electron chi connectivity index (χ3n) is 6.43. The van der Waals surface area contributed by atoms with Crippen LogP contribution in [0.5, 0.6) is 0 Å². The number of carbonyl (C=O) groups excluding carboxylic acids is 2. The number of carbonyl (C=O) groups is 2. The van der Waals surface area contributed by atoms with Gasteiger partial charge in [-0.1, -0.05) is 79.3 Å². The first-order valence-corrected chi connectivity index (χ1v) is 15.8. The number of nitrogens with zero attached hydrogens (tertiary/aromatic N) is 2. The quantitative estimate of drug-likeness (QED) is 0.238. The first kappa shape index (κ1) is 32.7. The van der Waals surface area contributed by atoms with E-state index in [1.54, 1.807) is 49.4 Å². The second kappa shape index (κ2) is 14.4. The molecule has 3 aromatic carbocycles. The fraction of sp³-hybridized carbons (Fsp3) is 0.333. The van der Waals surface area contributed by atoms with E-state index in [1.165, 1.54) is 29.2 Å². The summed E-state index contributed by atoms with van der Waals surface area (Å²) in [6, 6.07) is 16.6. The molecule has 220 valence electrons. The molecule has 0 saturated carbocycles. The Hall–Kier alpha value is -2.78. The van der Waals surface area contributed by atoms with Gasteiger partial charge in [-0.3, -0.25) is 13.9 Å². The summed E-state index contributed by atoms with van der Waals surface area (Å²) in [5.41, 5.74) is 1.80. The number of hydrogen-bond acceptors (Lipinski definition) is 4. The monoisotopic (exact) mass is 637 g/mol. The summed E-state index contributed by atoms with van der Waals surface area (Å²) >= 11 is 18.5. The highest BCUT2D eigenvalue weighted by molar-refractivity contribution is 7.92. The zero-order valence-electron chi connectivity index (χ0n) is 23.4. The Bertz CT molecular complexity index is 1460. The van der Waals surface area contributed by atoms with Gasteiger partial charge in [0, 0.05) is 28.2 Å². The molecule has 7 nitrogen and oxygen atoms in total. The minimum absolute atomic E-state index is 0.0226. The lowest BCUT2D eigenvalue weighted by molar-refractivity contribution is -0.140. The molecule has 0 aliphatic carbocycles. The Labute approximate surface area is 257 Å². The van der Waals surface area contributed by atoms with Crippen LogP contribution < -0.4 is 9.62 Å². The molecular weight excluding hydrogens is 605 g/mol. The van der Waals surface area contributed by atoms with Crippen LogP contribution in [-0.2, 0) is 26.2 Å². The lowest BCUT2D eigenvalue weighted by Gasteiger charge is -2.33. The van der Waals surface area contributed by atoms with Crippen LogP contribution in [0, 0.1) is 12.8 Å². The smallest absolute Gasteiger partial charge is 0.264 e. The van der Waals surface area contributed by atoms with Gasteiger partial charge in [0.2, 0.25) is 11.8 Å². The summed E-state index contributed by atoms with van der Waals surface area (Å²) in [6.45, 7) is 7.48. The van der Waals surface area contributed by atoms with Crippen molar-refractivity contribution in [2.75, 3.05) is 17.4 Å². The third kappa shape index (κ3) is 8.61. The van der Waals surface area contributed by atoms with Crippen molar-refractivity contribution in [2.24, 2.45) is 5.92 Å². The van der Waals surface area contributed by atoms with E-state index < -0.39 is 28.5 Å². The largest absolute Gasteiger partial charge is 0.354 e. The van der Waals surface area contributed by atoms with Crippen molar-refractivity contribution in [3.8, 4) is 0 Å². The summed E-state index contributed by atoms with van der Waals surface area (Å²) < 4.78 is 28.8. The minimum Gasteiger partial charge on any atom is -0.354 e. The van der Waals surface area contributed by atoms with Gasteiger partial charge in [0.15, 0.2) is 0 Å². The second-order valence-corrected chi connectivity index (χ2v) is 13.3. The van der Waals surface area contributed by atoms with Gasteiger partial charge in [-0.15, -0.1) is 0 Å². The second-order valence-electron chi connectivity index (χ2n) is 10.1. The summed E-state index contributed by atoms with van der Waals surface area (Å²) in [6.07, 6.45) is 0.301. The number of hydrogen-bond donors (Lipinski definition) is 1. The lowest BCUT2D eigenvalue weighted by atomic mass is 10.1. The Morgan fingerprint density at radius 1 is 0.902 bits per heavy atom. The Kier molecular flexibility index (Phi) is 11.5. The van der Waals surface area contributed by atoms with Crippen LogP contribution in [0.15, 0.2) is 71.6 Å². The number of anilines is 1. The fourth-order valence-corrected chi connectivity index (χ4v) is 6.16. The molecule has 3 aromatic rings.